The summed E-state index contributed by atoms with van der Waals surface area (Å²) in [5, 5.41) is 4.20. The minimum Gasteiger partial charge on any atom is -0.388 e. The molecule has 2 aromatic rings. The molecule has 0 unspecified atom stereocenters. The molecule has 0 saturated heterocycles. The van der Waals surface area contributed by atoms with E-state index in [1.165, 1.54) is 4.68 Å². The SMILES string of the molecule is CCOP(=S)(OCC)Oc1nc(C)n(-c2ncc(Br)cn2)n1. The van der Waals surface area contributed by atoms with E-state index in [2.05, 4.69) is 36.0 Å². The van der Waals surface area contributed by atoms with Crippen LogP contribution >= 0.6 is 22.6 Å². The largest absolute Gasteiger partial charge is 0.388 e. The molecule has 120 valence electrons. The lowest BCUT2D eigenvalue weighted by molar-refractivity contribution is 0.214. The molecule has 8 nitrogen and oxygen atoms in total. The van der Waals surface area contributed by atoms with Crippen LogP contribution in [-0.2, 0) is 20.9 Å². The van der Waals surface area contributed by atoms with E-state index in [0.29, 0.717) is 25.0 Å². The first-order valence-electron chi connectivity index (χ1n) is 6.47. The van der Waals surface area contributed by atoms with Gasteiger partial charge in [0.2, 0.25) is 0 Å². The Morgan fingerprint density at radius 1 is 1.23 bits per heavy atom. The molecule has 0 aliphatic rings. The molecular formula is C11H15BrN5O3PS. The lowest BCUT2D eigenvalue weighted by Crippen LogP contribution is -2.05. The highest BCUT2D eigenvalue weighted by Crippen LogP contribution is 2.48. The summed E-state index contributed by atoms with van der Waals surface area (Å²) in [6, 6.07) is 0.0780. The van der Waals surface area contributed by atoms with E-state index in [9.17, 15) is 0 Å². The van der Waals surface area contributed by atoms with Crippen molar-refractivity contribution in [1.29, 1.82) is 0 Å². The van der Waals surface area contributed by atoms with Gasteiger partial charge in [-0.1, -0.05) is 0 Å². The first kappa shape index (κ1) is 17.4. The summed E-state index contributed by atoms with van der Waals surface area (Å²) in [6.45, 7) is 3.25. The van der Waals surface area contributed by atoms with Gasteiger partial charge in [0, 0.05) is 24.2 Å². The third kappa shape index (κ3) is 4.30. The number of hydrogen-bond acceptors (Lipinski definition) is 8. The average molecular weight is 408 g/mol. The molecule has 0 atom stereocenters. The van der Waals surface area contributed by atoms with Gasteiger partial charge in [0.05, 0.1) is 17.7 Å². The van der Waals surface area contributed by atoms with Gasteiger partial charge in [0.1, 0.15) is 5.82 Å². The van der Waals surface area contributed by atoms with Gasteiger partial charge in [0.15, 0.2) is 0 Å². The minimum absolute atomic E-state index is 0.0780. The van der Waals surface area contributed by atoms with Gasteiger partial charge in [-0.2, -0.15) is 9.67 Å². The number of rotatable bonds is 7. The molecule has 0 aliphatic carbocycles. The summed E-state index contributed by atoms with van der Waals surface area (Å²) in [5.41, 5.74) is 0. The molecule has 0 aromatic carbocycles. The second-order valence-electron chi connectivity index (χ2n) is 3.93. The van der Waals surface area contributed by atoms with Gasteiger partial charge in [-0.3, -0.25) is 9.05 Å². The first-order valence-corrected chi connectivity index (χ1v) is 9.82. The van der Waals surface area contributed by atoms with E-state index in [-0.39, 0.29) is 6.01 Å². The van der Waals surface area contributed by atoms with E-state index in [1.807, 2.05) is 13.8 Å². The summed E-state index contributed by atoms with van der Waals surface area (Å²) < 4.78 is 18.6. The maximum Gasteiger partial charge on any atom is 0.382 e. The van der Waals surface area contributed by atoms with Crippen molar-refractivity contribution in [2.45, 2.75) is 20.8 Å². The molecule has 0 amide bonds. The molecule has 0 aliphatic heterocycles. The molecule has 0 radical (unpaired) electrons. The Kier molecular flexibility index (Phi) is 5.99. The summed E-state index contributed by atoms with van der Waals surface area (Å²) in [5.74, 6) is 0.941. The van der Waals surface area contributed by atoms with Gasteiger partial charge < -0.3 is 4.52 Å². The van der Waals surface area contributed by atoms with Crippen molar-refractivity contribution in [3.63, 3.8) is 0 Å². The maximum absolute atomic E-state index is 5.56. The van der Waals surface area contributed by atoms with Crippen LogP contribution in [0, 0.1) is 6.92 Å². The third-order valence-electron chi connectivity index (χ3n) is 2.31. The van der Waals surface area contributed by atoms with Crippen LogP contribution in [0.4, 0.5) is 0 Å². The van der Waals surface area contributed by atoms with Crippen molar-refractivity contribution in [3.05, 3.63) is 22.7 Å². The van der Waals surface area contributed by atoms with Crippen LogP contribution < -0.4 is 4.52 Å². The molecule has 2 rings (SSSR count). The fourth-order valence-electron chi connectivity index (χ4n) is 1.52. The van der Waals surface area contributed by atoms with Crippen molar-refractivity contribution in [3.8, 4) is 12.0 Å². The van der Waals surface area contributed by atoms with E-state index in [1.54, 1.807) is 19.3 Å². The van der Waals surface area contributed by atoms with Crippen LogP contribution in [0.15, 0.2) is 16.9 Å². The zero-order valence-corrected chi connectivity index (χ0v) is 15.6. The van der Waals surface area contributed by atoms with Crippen molar-refractivity contribution >= 4 is 34.5 Å². The van der Waals surface area contributed by atoms with Crippen molar-refractivity contribution in [2.75, 3.05) is 13.2 Å². The van der Waals surface area contributed by atoms with Crippen LogP contribution in [0.25, 0.3) is 5.95 Å². The van der Waals surface area contributed by atoms with E-state index < -0.39 is 6.72 Å². The normalized spacial score (nSPS) is 11.6. The number of aryl methyl sites for hydroxylation is 1. The Morgan fingerprint density at radius 3 is 2.36 bits per heavy atom. The van der Waals surface area contributed by atoms with Gasteiger partial charge in [-0.25, -0.2) is 9.97 Å². The second kappa shape index (κ2) is 7.56. The molecule has 0 N–H and O–H groups in total. The zero-order chi connectivity index (χ0) is 16.2. The lowest BCUT2D eigenvalue weighted by Gasteiger charge is -2.18. The average Bonchev–Trinajstić information content (AvgIpc) is 2.80. The Bertz CT molecular complexity index is 671. The minimum atomic E-state index is -2.90. The predicted octanol–water partition coefficient (Wildman–Crippen LogP) is 2.80. The lowest BCUT2D eigenvalue weighted by atomic mass is 10.6. The molecule has 2 aromatic heterocycles. The number of halogens is 1. The topological polar surface area (TPSA) is 84.2 Å². The monoisotopic (exact) mass is 407 g/mol. The van der Waals surface area contributed by atoms with Crippen molar-refractivity contribution in [2.24, 2.45) is 0 Å². The van der Waals surface area contributed by atoms with Gasteiger partial charge >= 0.3 is 12.7 Å². The van der Waals surface area contributed by atoms with Crippen LogP contribution in [-0.4, -0.2) is 37.9 Å². The predicted molar refractivity (Wildman–Crippen MR) is 87.6 cm³/mol. The number of nitrogens with zero attached hydrogens (tertiary/aromatic N) is 5. The van der Waals surface area contributed by atoms with Crippen LogP contribution in [0.2, 0.25) is 0 Å². The number of hydrogen-bond donors (Lipinski definition) is 0. The molecular weight excluding hydrogens is 393 g/mol. The van der Waals surface area contributed by atoms with Gasteiger partial charge in [0.25, 0.3) is 5.95 Å². The highest BCUT2D eigenvalue weighted by Gasteiger charge is 2.24. The van der Waals surface area contributed by atoms with Crippen LogP contribution in [0.5, 0.6) is 6.01 Å². The Labute approximate surface area is 141 Å². The summed E-state index contributed by atoms with van der Waals surface area (Å²) in [4.78, 5) is 12.5. The van der Waals surface area contributed by atoms with Crippen molar-refractivity contribution in [1.82, 2.24) is 24.7 Å². The number of aromatic nitrogens is 5. The molecule has 22 heavy (non-hydrogen) atoms. The molecule has 0 spiro atoms. The summed E-state index contributed by atoms with van der Waals surface area (Å²) >= 11 is 8.56. The fourth-order valence-corrected chi connectivity index (χ4v) is 3.64. The molecule has 0 saturated carbocycles. The van der Waals surface area contributed by atoms with Crippen molar-refractivity contribution < 1.29 is 13.6 Å². The summed E-state index contributed by atoms with van der Waals surface area (Å²) in [6.07, 6.45) is 3.24. The highest BCUT2D eigenvalue weighted by atomic mass is 79.9. The fraction of sp³-hybridized carbons (Fsp3) is 0.455. The van der Waals surface area contributed by atoms with Gasteiger partial charge in [-0.15, -0.1) is 5.10 Å². The molecule has 0 fully saturated rings. The smallest absolute Gasteiger partial charge is 0.382 e. The Hall–Kier alpha value is -0.930. The Morgan fingerprint density at radius 2 is 1.82 bits per heavy atom. The maximum atomic E-state index is 5.56. The summed E-state index contributed by atoms with van der Waals surface area (Å²) in [7, 11) is 0. The Balaban J connectivity index is 2.25. The van der Waals surface area contributed by atoms with Gasteiger partial charge in [-0.05, 0) is 36.7 Å². The first-order chi connectivity index (χ1) is 10.5. The second-order valence-corrected chi connectivity index (χ2v) is 7.78. The van der Waals surface area contributed by atoms with Crippen LogP contribution in [0.3, 0.4) is 0 Å². The molecule has 11 heteroatoms. The van der Waals surface area contributed by atoms with E-state index >= 15 is 0 Å². The van der Waals surface area contributed by atoms with E-state index in [4.69, 9.17) is 25.4 Å². The van der Waals surface area contributed by atoms with Crippen LogP contribution in [0.1, 0.15) is 19.7 Å². The van der Waals surface area contributed by atoms with E-state index in [0.717, 1.165) is 4.47 Å². The molecule has 2 heterocycles. The zero-order valence-electron chi connectivity index (χ0n) is 12.3. The quantitative estimate of drug-likeness (QED) is 0.647. The third-order valence-corrected chi connectivity index (χ3v) is 5.11. The molecule has 0 bridgehead atoms. The standard InChI is InChI=1S/C11H15BrN5O3PS/c1-4-18-21(22,19-5-2)20-11-15-8(3)17(16-11)10-13-6-9(12)7-14-10/h6-7H,4-5H2,1-3H3. The highest BCUT2D eigenvalue weighted by molar-refractivity contribution is 9.10.